The van der Waals surface area contributed by atoms with E-state index in [2.05, 4.69) is 5.32 Å². The second-order valence-corrected chi connectivity index (χ2v) is 4.99. The standard InChI is InChI=1S/C12H24N2O2/c1-8(9(2)13)12(16)14-11-6-4-3-5-10(11)7-15/h8-11,15H,3-7,13H2,1-2H3,(H,14,16). The second-order valence-electron chi connectivity index (χ2n) is 4.99. The Hall–Kier alpha value is -0.610. The Morgan fingerprint density at radius 1 is 1.44 bits per heavy atom. The van der Waals surface area contributed by atoms with Crippen molar-refractivity contribution >= 4 is 5.91 Å². The zero-order valence-electron chi connectivity index (χ0n) is 10.3. The van der Waals surface area contributed by atoms with Crippen molar-refractivity contribution in [3.8, 4) is 0 Å². The highest BCUT2D eigenvalue weighted by molar-refractivity contribution is 5.79. The van der Waals surface area contributed by atoms with Crippen LogP contribution < -0.4 is 11.1 Å². The molecule has 0 aromatic heterocycles. The van der Waals surface area contributed by atoms with Crippen molar-refractivity contribution in [1.29, 1.82) is 0 Å². The first-order valence-corrected chi connectivity index (χ1v) is 6.23. The fourth-order valence-corrected chi connectivity index (χ4v) is 2.17. The van der Waals surface area contributed by atoms with Crippen molar-refractivity contribution < 1.29 is 9.90 Å². The van der Waals surface area contributed by atoms with Crippen LogP contribution in [0.4, 0.5) is 0 Å². The van der Waals surface area contributed by atoms with E-state index in [1.54, 1.807) is 0 Å². The van der Waals surface area contributed by atoms with Gasteiger partial charge in [-0.2, -0.15) is 0 Å². The smallest absolute Gasteiger partial charge is 0.224 e. The molecule has 1 amide bonds. The Morgan fingerprint density at radius 2 is 2.06 bits per heavy atom. The number of carbonyl (C=O) groups excluding carboxylic acids is 1. The van der Waals surface area contributed by atoms with E-state index in [9.17, 15) is 9.90 Å². The highest BCUT2D eigenvalue weighted by Gasteiger charge is 2.27. The number of hydrogen-bond acceptors (Lipinski definition) is 3. The first-order valence-electron chi connectivity index (χ1n) is 6.23. The number of hydrogen-bond donors (Lipinski definition) is 3. The molecule has 0 heterocycles. The number of amides is 1. The third-order valence-electron chi connectivity index (χ3n) is 3.67. The Balaban J connectivity index is 2.48. The molecule has 1 saturated carbocycles. The Morgan fingerprint density at radius 3 is 2.62 bits per heavy atom. The maximum Gasteiger partial charge on any atom is 0.224 e. The van der Waals surface area contributed by atoms with E-state index >= 15 is 0 Å². The summed E-state index contributed by atoms with van der Waals surface area (Å²) in [5.74, 6) is 0.0691. The van der Waals surface area contributed by atoms with Crippen LogP contribution in [0.15, 0.2) is 0 Å². The lowest BCUT2D eigenvalue weighted by molar-refractivity contribution is -0.126. The minimum absolute atomic E-state index is 0.0142. The third-order valence-corrected chi connectivity index (χ3v) is 3.67. The van der Waals surface area contributed by atoms with Crippen molar-refractivity contribution in [3.05, 3.63) is 0 Å². The molecule has 0 aromatic rings. The van der Waals surface area contributed by atoms with E-state index in [1.165, 1.54) is 0 Å². The maximum absolute atomic E-state index is 11.8. The molecule has 0 aliphatic heterocycles. The van der Waals surface area contributed by atoms with E-state index < -0.39 is 0 Å². The van der Waals surface area contributed by atoms with Gasteiger partial charge in [0.1, 0.15) is 0 Å². The molecule has 4 heteroatoms. The molecular formula is C12H24N2O2. The highest BCUT2D eigenvalue weighted by Crippen LogP contribution is 2.24. The SMILES string of the molecule is CC(N)C(C)C(=O)NC1CCCCC1CO. The summed E-state index contributed by atoms with van der Waals surface area (Å²) < 4.78 is 0. The second kappa shape index (κ2) is 6.21. The summed E-state index contributed by atoms with van der Waals surface area (Å²) in [4.78, 5) is 11.8. The van der Waals surface area contributed by atoms with Crippen LogP contribution in [0.25, 0.3) is 0 Å². The van der Waals surface area contributed by atoms with E-state index in [0.29, 0.717) is 0 Å². The number of aliphatic hydroxyl groups excluding tert-OH is 1. The summed E-state index contributed by atoms with van der Waals surface area (Å²) >= 11 is 0. The van der Waals surface area contributed by atoms with Crippen LogP contribution >= 0.6 is 0 Å². The molecule has 94 valence electrons. The Kier molecular flexibility index (Phi) is 5.22. The van der Waals surface area contributed by atoms with Gasteiger partial charge in [0.25, 0.3) is 0 Å². The highest BCUT2D eigenvalue weighted by atomic mass is 16.3. The van der Waals surface area contributed by atoms with Gasteiger partial charge in [0.15, 0.2) is 0 Å². The average Bonchev–Trinajstić information content (AvgIpc) is 2.28. The van der Waals surface area contributed by atoms with Gasteiger partial charge in [-0.15, -0.1) is 0 Å². The van der Waals surface area contributed by atoms with Crippen LogP contribution in [0.2, 0.25) is 0 Å². The van der Waals surface area contributed by atoms with E-state index in [-0.39, 0.29) is 36.4 Å². The molecule has 0 bridgehead atoms. The van der Waals surface area contributed by atoms with E-state index in [0.717, 1.165) is 25.7 Å². The predicted octanol–water partition coefficient (Wildman–Crippen LogP) is 0.637. The van der Waals surface area contributed by atoms with Crippen molar-refractivity contribution in [2.45, 2.75) is 51.6 Å². The number of nitrogens with one attached hydrogen (secondary N) is 1. The third kappa shape index (κ3) is 3.46. The van der Waals surface area contributed by atoms with Gasteiger partial charge in [-0.25, -0.2) is 0 Å². The van der Waals surface area contributed by atoms with E-state index in [1.807, 2.05) is 13.8 Å². The fraction of sp³-hybridized carbons (Fsp3) is 0.917. The van der Waals surface area contributed by atoms with Crippen molar-refractivity contribution in [3.63, 3.8) is 0 Å². The number of carbonyl (C=O) groups is 1. The van der Waals surface area contributed by atoms with Crippen LogP contribution in [0, 0.1) is 11.8 Å². The van der Waals surface area contributed by atoms with Gasteiger partial charge >= 0.3 is 0 Å². The first-order chi connectivity index (χ1) is 7.56. The summed E-state index contributed by atoms with van der Waals surface area (Å²) in [6.07, 6.45) is 4.27. The molecule has 1 fully saturated rings. The van der Waals surface area contributed by atoms with Crippen LogP contribution in [0.3, 0.4) is 0 Å². The predicted molar refractivity (Wildman–Crippen MR) is 63.8 cm³/mol. The minimum atomic E-state index is -0.165. The molecule has 0 radical (unpaired) electrons. The zero-order chi connectivity index (χ0) is 12.1. The monoisotopic (exact) mass is 228 g/mol. The molecule has 0 aromatic carbocycles. The van der Waals surface area contributed by atoms with Crippen LogP contribution in [0.1, 0.15) is 39.5 Å². The molecule has 4 nitrogen and oxygen atoms in total. The quantitative estimate of drug-likeness (QED) is 0.661. The summed E-state index contributed by atoms with van der Waals surface area (Å²) in [5, 5.41) is 12.3. The molecule has 0 spiro atoms. The van der Waals surface area contributed by atoms with Gasteiger partial charge in [-0.05, 0) is 19.8 Å². The molecule has 1 aliphatic rings. The topological polar surface area (TPSA) is 75.4 Å². The Bertz CT molecular complexity index is 231. The average molecular weight is 228 g/mol. The lowest BCUT2D eigenvalue weighted by Gasteiger charge is -2.32. The summed E-state index contributed by atoms with van der Waals surface area (Å²) in [6.45, 7) is 3.85. The summed E-state index contributed by atoms with van der Waals surface area (Å²) in [6, 6.07) is 0.00335. The number of rotatable bonds is 4. The Labute approximate surface area is 97.6 Å². The van der Waals surface area contributed by atoms with Gasteiger partial charge in [0, 0.05) is 30.5 Å². The van der Waals surface area contributed by atoms with Gasteiger partial charge < -0.3 is 16.2 Å². The minimum Gasteiger partial charge on any atom is -0.396 e. The lowest BCUT2D eigenvalue weighted by Crippen LogP contribution is -2.48. The molecule has 4 N–H and O–H groups in total. The summed E-state index contributed by atoms with van der Waals surface area (Å²) in [7, 11) is 0. The van der Waals surface area contributed by atoms with Crippen LogP contribution in [-0.4, -0.2) is 29.7 Å². The molecule has 1 rings (SSSR count). The molecule has 0 saturated heterocycles. The molecule has 16 heavy (non-hydrogen) atoms. The molecule has 4 unspecified atom stereocenters. The van der Waals surface area contributed by atoms with Gasteiger partial charge in [-0.3, -0.25) is 4.79 Å². The summed E-state index contributed by atoms with van der Waals surface area (Å²) in [5.41, 5.74) is 5.70. The van der Waals surface area contributed by atoms with Crippen LogP contribution in [0.5, 0.6) is 0 Å². The largest absolute Gasteiger partial charge is 0.396 e. The zero-order valence-corrected chi connectivity index (χ0v) is 10.3. The first kappa shape index (κ1) is 13.5. The van der Waals surface area contributed by atoms with E-state index in [4.69, 9.17) is 5.73 Å². The van der Waals surface area contributed by atoms with Gasteiger partial charge in [0.05, 0.1) is 0 Å². The molecule has 1 aliphatic carbocycles. The van der Waals surface area contributed by atoms with Gasteiger partial charge in [0.2, 0.25) is 5.91 Å². The lowest BCUT2D eigenvalue weighted by atomic mass is 9.84. The normalized spacial score (nSPS) is 29.5. The molecular weight excluding hydrogens is 204 g/mol. The van der Waals surface area contributed by atoms with Crippen molar-refractivity contribution in [1.82, 2.24) is 5.32 Å². The van der Waals surface area contributed by atoms with Crippen molar-refractivity contribution in [2.24, 2.45) is 17.6 Å². The number of aliphatic hydroxyl groups is 1. The van der Waals surface area contributed by atoms with Gasteiger partial charge in [-0.1, -0.05) is 19.8 Å². The van der Waals surface area contributed by atoms with Crippen molar-refractivity contribution in [2.75, 3.05) is 6.61 Å². The maximum atomic E-state index is 11.8. The number of nitrogens with two attached hydrogens (primary N) is 1. The molecule has 4 atom stereocenters. The van der Waals surface area contributed by atoms with Crippen LogP contribution in [-0.2, 0) is 4.79 Å². The fourth-order valence-electron chi connectivity index (χ4n) is 2.17.